The Morgan fingerprint density at radius 1 is 1.17 bits per heavy atom. The minimum absolute atomic E-state index is 0.0239. The molecule has 0 aliphatic carbocycles. The fourth-order valence-corrected chi connectivity index (χ4v) is 2.56. The summed E-state index contributed by atoms with van der Waals surface area (Å²) in [5, 5.41) is 14.3. The van der Waals surface area contributed by atoms with Crippen LogP contribution in [0.5, 0.6) is 11.5 Å². The molecular formula is C16H17ClN2O4. The van der Waals surface area contributed by atoms with Crippen LogP contribution in [0.4, 0.5) is 11.4 Å². The number of ether oxygens (including phenoxy) is 2. The molecule has 0 unspecified atom stereocenters. The lowest BCUT2D eigenvalue weighted by molar-refractivity contribution is -0.384. The third-order valence-electron chi connectivity index (χ3n) is 3.40. The highest BCUT2D eigenvalue weighted by Crippen LogP contribution is 2.32. The van der Waals surface area contributed by atoms with Crippen molar-refractivity contribution in [3.63, 3.8) is 0 Å². The molecule has 7 heteroatoms. The van der Waals surface area contributed by atoms with Crippen LogP contribution in [0.15, 0.2) is 30.3 Å². The molecule has 2 rings (SSSR count). The van der Waals surface area contributed by atoms with E-state index in [1.807, 2.05) is 18.2 Å². The van der Waals surface area contributed by atoms with E-state index in [0.29, 0.717) is 34.3 Å². The first-order valence-corrected chi connectivity index (χ1v) is 7.23. The first-order valence-electron chi connectivity index (χ1n) is 6.85. The Hall–Kier alpha value is -2.47. The van der Waals surface area contributed by atoms with Crippen LogP contribution in [0.2, 0.25) is 5.02 Å². The average molecular weight is 337 g/mol. The lowest BCUT2D eigenvalue weighted by atomic mass is 10.1. The quantitative estimate of drug-likeness (QED) is 0.632. The molecule has 0 aromatic heterocycles. The summed E-state index contributed by atoms with van der Waals surface area (Å²) in [5.74, 6) is 1.29. The van der Waals surface area contributed by atoms with Gasteiger partial charge in [-0.3, -0.25) is 10.1 Å². The molecule has 0 amide bonds. The number of methoxy groups -OCH3 is 2. The van der Waals surface area contributed by atoms with E-state index in [-0.39, 0.29) is 5.69 Å². The molecule has 0 fully saturated rings. The summed E-state index contributed by atoms with van der Waals surface area (Å²) in [6.45, 7) is 2.27. The maximum Gasteiger partial charge on any atom is 0.271 e. The van der Waals surface area contributed by atoms with Crippen LogP contribution in [0.25, 0.3) is 0 Å². The number of rotatable bonds is 6. The van der Waals surface area contributed by atoms with Crippen molar-refractivity contribution in [3.8, 4) is 11.5 Å². The predicted octanol–water partition coefficient (Wildman–Crippen LogP) is 4.19. The van der Waals surface area contributed by atoms with Crippen LogP contribution < -0.4 is 14.8 Å². The molecule has 0 saturated carbocycles. The second-order valence-electron chi connectivity index (χ2n) is 4.92. The van der Waals surface area contributed by atoms with E-state index < -0.39 is 4.92 Å². The van der Waals surface area contributed by atoms with Crippen LogP contribution in [0.1, 0.15) is 11.1 Å². The van der Waals surface area contributed by atoms with Crippen molar-refractivity contribution in [2.75, 3.05) is 19.5 Å². The lowest BCUT2D eigenvalue weighted by Gasteiger charge is -2.13. The fraction of sp³-hybridized carbons (Fsp3) is 0.250. The Balaban J connectivity index is 2.20. The Kier molecular flexibility index (Phi) is 5.28. The van der Waals surface area contributed by atoms with E-state index in [9.17, 15) is 10.1 Å². The highest BCUT2D eigenvalue weighted by molar-refractivity contribution is 6.33. The van der Waals surface area contributed by atoms with E-state index in [1.54, 1.807) is 21.1 Å². The summed E-state index contributed by atoms with van der Waals surface area (Å²) in [5.41, 5.74) is 2.33. The predicted molar refractivity (Wildman–Crippen MR) is 89.7 cm³/mol. The van der Waals surface area contributed by atoms with Gasteiger partial charge in [-0.15, -0.1) is 0 Å². The molecule has 23 heavy (non-hydrogen) atoms. The average Bonchev–Trinajstić information content (AvgIpc) is 2.53. The molecule has 2 aromatic rings. The zero-order chi connectivity index (χ0) is 17.0. The summed E-state index contributed by atoms with van der Waals surface area (Å²) in [7, 11) is 3.15. The van der Waals surface area contributed by atoms with Gasteiger partial charge in [-0.2, -0.15) is 0 Å². The van der Waals surface area contributed by atoms with Gasteiger partial charge in [0.25, 0.3) is 5.69 Å². The second kappa shape index (κ2) is 7.19. The zero-order valence-electron chi connectivity index (χ0n) is 13.1. The van der Waals surface area contributed by atoms with Gasteiger partial charge in [-0.1, -0.05) is 17.7 Å². The number of nitro groups is 1. The highest BCUT2D eigenvalue weighted by atomic mass is 35.5. The van der Waals surface area contributed by atoms with E-state index in [1.165, 1.54) is 12.1 Å². The number of benzene rings is 2. The van der Waals surface area contributed by atoms with Crippen LogP contribution >= 0.6 is 11.6 Å². The van der Waals surface area contributed by atoms with E-state index in [4.69, 9.17) is 21.1 Å². The first-order chi connectivity index (χ1) is 11.0. The minimum atomic E-state index is -0.461. The lowest BCUT2D eigenvalue weighted by Crippen LogP contribution is -2.03. The molecule has 2 aromatic carbocycles. The summed E-state index contributed by atoms with van der Waals surface area (Å²) in [6.07, 6.45) is 0. The molecule has 0 bridgehead atoms. The Bertz CT molecular complexity index is 711. The van der Waals surface area contributed by atoms with Crippen molar-refractivity contribution in [1.29, 1.82) is 0 Å². The molecule has 122 valence electrons. The van der Waals surface area contributed by atoms with Gasteiger partial charge < -0.3 is 14.8 Å². The number of nitrogens with zero attached hydrogens (tertiary/aromatic N) is 1. The van der Waals surface area contributed by atoms with Crippen molar-refractivity contribution in [3.05, 3.63) is 56.6 Å². The van der Waals surface area contributed by atoms with Crippen molar-refractivity contribution in [2.24, 2.45) is 0 Å². The van der Waals surface area contributed by atoms with Crippen LogP contribution in [0.3, 0.4) is 0 Å². The standard InChI is InChI=1S/C16H17ClN2O4/c1-10-6-12(19(20)21)8-13(17)16(10)18-9-11-4-5-14(22-2)15(7-11)23-3/h4-8,18H,9H2,1-3H3. The molecule has 6 nitrogen and oxygen atoms in total. The van der Waals surface area contributed by atoms with Gasteiger partial charge in [-0.05, 0) is 30.2 Å². The third-order valence-corrected chi connectivity index (χ3v) is 3.70. The van der Waals surface area contributed by atoms with E-state index in [2.05, 4.69) is 5.32 Å². The summed E-state index contributed by atoms with van der Waals surface area (Å²) >= 11 is 6.14. The molecule has 0 radical (unpaired) electrons. The SMILES string of the molecule is COc1ccc(CNc2c(C)cc([N+](=O)[O-])cc2Cl)cc1OC. The smallest absolute Gasteiger partial charge is 0.271 e. The molecule has 0 spiro atoms. The molecule has 0 aliphatic heterocycles. The largest absolute Gasteiger partial charge is 0.493 e. The number of anilines is 1. The fourth-order valence-electron chi connectivity index (χ4n) is 2.24. The van der Waals surface area contributed by atoms with Gasteiger partial charge in [0.05, 0.1) is 29.9 Å². The molecule has 1 N–H and O–H groups in total. The van der Waals surface area contributed by atoms with Crippen LogP contribution in [-0.4, -0.2) is 19.1 Å². The van der Waals surface area contributed by atoms with Crippen LogP contribution in [-0.2, 0) is 6.54 Å². The number of nitrogens with one attached hydrogen (secondary N) is 1. The summed E-state index contributed by atoms with van der Waals surface area (Å²) in [4.78, 5) is 10.4. The Labute approximate surface area is 139 Å². The molecule has 0 saturated heterocycles. The number of aryl methyl sites for hydroxylation is 1. The molecular weight excluding hydrogens is 320 g/mol. The van der Waals surface area contributed by atoms with Gasteiger partial charge in [0.1, 0.15) is 0 Å². The van der Waals surface area contributed by atoms with Crippen LogP contribution in [0, 0.1) is 17.0 Å². The van der Waals surface area contributed by atoms with Gasteiger partial charge in [0.15, 0.2) is 11.5 Å². The number of hydrogen-bond donors (Lipinski definition) is 1. The molecule has 0 heterocycles. The normalized spacial score (nSPS) is 10.3. The van der Waals surface area contributed by atoms with Gasteiger partial charge >= 0.3 is 0 Å². The number of nitro benzene ring substituents is 1. The third kappa shape index (κ3) is 3.84. The summed E-state index contributed by atoms with van der Waals surface area (Å²) < 4.78 is 10.5. The van der Waals surface area contributed by atoms with E-state index in [0.717, 1.165) is 5.56 Å². The van der Waals surface area contributed by atoms with Crippen molar-refractivity contribution >= 4 is 23.0 Å². The number of non-ortho nitro benzene ring substituents is 1. The minimum Gasteiger partial charge on any atom is -0.493 e. The van der Waals surface area contributed by atoms with Crippen molar-refractivity contribution in [1.82, 2.24) is 0 Å². The van der Waals surface area contributed by atoms with Crippen molar-refractivity contribution in [2.45, 2.75) is 13.5 Å². The highest BCUT2D eigenvalue weighted by Gasteiger charge is 2.13. The molecule has 0 atom stereocenters. The molecule has 0 aliphatic rings. The monoisotopic (exact) mass is 336 g/mol. The first kappa shape index (κ1) is 16.9. The van der Waals surface area contributed by atoms with Crippen molar-refractivity contribution < 1.29 is 14.4 Å². The maximum absolute atomic E-state index is 10.8. The second-order valence-corrected chi connectivity index (χ2v) is 5.33. The van der Waals surface area contributed by atoms with Gasteiger partial charge in [0, 0.05) is 18.7 Å². The number of hydrogen-bond acceptors (Lipinski definition) is 5. The van der Waals surface area contributed by atoms with Gasteiger partial charge in [0.2, 0.25) is 0 Å². The zero-order valence-corrected chi connectivity index (χ0v) is 13.8. The Morgan fingerprint density at radius 3 is 2.43 bits per heavy atom. The Morgan fingerprint density at radius 2 is 1.87 bits per heavy atom. The number of halogens is 1. The summed E-state index contributed by atoms with van der Waals surface area (Å²) in [6, 6.07) is 8.41. The topological polar surface area (TPSA) is 73.6 Å². The van der Waals surface area contributed by atoms with E-state index >= 15 is 0 Å². The van der Waals surface area contributed by atoms with Gasteiger partial charge in [-0.25, -0.2) is 0 Å². The maximum atomic E-state index is 10.8.